The number of ketones is 1. The van der Waals surface area contributed by atoms with Crippen molar-refractivity contribution in [2.24, 2.45) is 0 Å². The third kappa shape index (κ3) is 2.40. The number of aliphatic carboxylic acids is 1. The molecule has 5 nitrogen and oxygen atoms in total. The van der Waals surface area contributed by atoms with Crippen molar-refractivity contribution >= 4 is 23.3 Å². The zero-order valence-corrected chi connectivity index (χ0v) is 11.4. The minimum absolute atomic E-state index is 0.0331. The molecule has 0 fully saturated rings. The molecule has 5 heteroatoms. The highest BCUT2D eigenvalue weighted by Gasteiger charge is 2.26. The topological polar surface area (TPSA) is 83.5 Å². The molecule has 3 rings (SSSR count). The third-order valence-corrected chi connectivity index (χ3v) is 3.37. The van der Waals surface area contributed by atoms with Crippen LogP contribution in [0, 0.1) is 0 Å². The predicted octanol–water partition coefficient (Wildman–Crippen LogP) is 2.48. The molecule has 1 aliphatic carbocycles. The van der Waals surface area contributed by atoms with Gasteiger partial charge in [0.2, 0.25) is 5.91 Å². The lowest BCUT2D eigenvalue weighted by atomic mass is 10.1. The molecule has 0 saturated carbocycles. The second kappa shape index (κ2) is 5.29. The van der Waals surface area contributed by atoms with E-state index in [1.54, 1.807) is 24.3 Å². The molecule has 0 aromatic heterocycles. The molecule has 0 spiro atoms. The lowest BCUT2D eigenvalue weighted by Crippen LogP contribution is -2.08. The van der Waals surface area contributed by atoms with Gasteiger partial charge in [-0.2, -0.15) is 0 Å². The van der Waals surface area contributed by atoms with Crippen LogP contribution in [-0.4, -0.2) is 22.8 Å². The lowest BCUT2D eigenvalue weighted by molar-refractivity contribution is -0.131. The summed E-state index contributed by atoms with van der Waals surface area (Å²) < 4.78 is 0. The van der Waals surface area contributed by atoms with Crippen LogP contribution in [-0.2, 0) is 9.59 Å². The van der Waals surface area contributed by atoms with Crippen molar-refractivity contribution in [2.75, 3.05) is 5.32 Å². The molecule has 0 aliphatic heterocycles. The molecule has 0 heterocycles. The van der Waals surface area contributed by atoms with Crippen molar-refractivity contribution in [3.8, 4) is 11.1 Å². The van der Waals surface area contributed by atoms with Gasteiger partial charge in [-0.25, -0.2) is 4.79 Å². The zero-order valence-electron chi connectivity index (χ0n) is 11.4. The number of nitrogens with one attached hydrogen (secondary N) is 1. The van der Waals surface area contributed by atoms with Crippen LogP contribution < -0.4 is 5.32 Å². The molecule has 2 aromatic rings. The maximum Gasteiger partial charge on any atom is 0.328 e. The largest absolute Gasteiger partial charge is 0.478 e. The molecular weight excluding hydrogens is 282 g/mol. The molecule has 0 bridgehead atoms. The molecule has 0 atom stereocenters. The van der Waals surface area contributed by atoms with Crippen LogP contribution in [0.5, 0.6) is 0 Å². The van der Waals surface area contributed by atoms with Crippen molar-refractivity contribution in [1.29, 1.82) is 0 Å². The third-order valence-electron chi connectivity index (χ3n) is 3.37. The van der Waals surface area contributed by atoms with Crippen LogP contribution in [0.2, 0.25) is 0 Å². The number of fused-ring (bicyclic) bond motifs is 3. The highest BCUT2D eigenvalue weighted by Crippen LogP contribution is 2.37. The molecule has 1 aliphatic rings. The quantitative estimate of drug-likeness (QED) is 0.727. The summed E-state index contributed by atoms with van der Waals surface area (Å²) in [7, 11) is 0. The van der Waals surface area contributed by atoms with E-state index in [-0.39, 0.29) is 5.78 Å². The SMILES string of the molecule is O=C(O)/C=C/C(=O)Nc1ccc2c(c1)-c1ccccc1C2=O. The average Bonchev–Trinajstić information content (AvgIpc) is 2.79. The fourth-order valence-corrected chi connectivity index (χ4v) is 2.43. The Hall–Kier alpha value is -3.21. The monoisotopic (exact) mass is 293 g/mol. The van der Waals surface area contributed by atoms with Gasteiger partial charge in [0.1, 0.15) is 0 Å². The Balaban J connectivity index is 1.92. The van der Waals surface area contributed by atoms with E-state index in [2.05, 4.69) is 5.32 Å². The Morgan fingerprint density at radius 3 is 2.32 bits per heavy atom. The van der Waals surface area contributed by atoms with Crippen molar-refractivity contribution in [3.63, 3.8) is 0 Å². The molecule has 22 heavy (non-hydrogen) atoms. The number of carbonyl (C=O) groups excluding carboxylic acids is 2. The fraction of sp³-hybridized carbons (Fsp3) is 0. The minimum atomic E-state index is -1.19. The molecule has 2 aromatic carbocycles. The highest BCUT2D eigenvalue weighted by molar-refractivity contribution is 6.22. The smallest absolute Gasteiger partial charge is 0.328 e. The van der Waals surface area contributed by atoms with Crippen LogP contribution in [0.3, 0.4) is 0 Å². The number of benzene rings is 2. The average molecular weight is 293 g/mol. The molecular formula is C17H11NO4. The van der Waals surface area contributed by atoms with Gasteiger partial charge in [0.15, 0.2) is 5.78 Å². The first-order chi connectivity index (χ1) is 10.6. The second-order valence-corrected chi connectivity index (χ2v) is 4.80. The van der Waals surface area contributed by atoms with Crippen LogP contribution >= 0.6 is 0 Å². The molecule has 0 saturated heterocycles. The normalized spacial score (nSPS) is 12.1. The Bertz CT molecular complexity index is 836. The number of hydrogen-bond acceptors (Lipinski definition) is 3. The summed E-state index contributed by atoms with van der Waals surface area (Å²) in [5.41, 5.74) is 3.34. The van der Waals surface area contributed by atoms with Crippen molar-refractivity contribution in [3.05, 3.63) is 65.7 Å². The van der Waals surface area contributed by atoms with E-state index in [1.165, 1.54) is 0 Å². The van der Waals surface area contributed by atoms with E-state index in [9.17, 15) is 14.4 Å². The van der Waals surface area contributed by atoms with Gasteiger partial charge in [0, 0.05) is 29.0 Å². The van der Waals surface area contributed by atoms with E-state index >= 15 is 0 Å². The van der Waals surface area contributed by atoms with Crippen LogP contribution in [0.15, 0.2) is 54.6 Å². The second-order valence-electron chi connectivity index (χ2n) is 4.80. The Kier molecular flexibility index (Phi) is 3.31. The Morgan fingerprint density at radius 2 is 1.59 bits per heavy atom. The number of carboxylic acids is 1. The Morgan fingerprint density at radius 1 is 0.909 bits per heavy atom. The molecule has 0 radical (unpaired) electrons. The van der Waals surface area contributed by atoms with Gasteiger partial charge in [-0.05, 0) is 29.3 Å². The van der Waals surface area contributed by atoms with E-state index in [0.29, 0.717) is 16.8 Å². The summed E-state index contributed by atoms with van der Waals surface area (Å²) in [5.74, 6) is -1.77. The number of amides is 1. The van der Waals surface area contributed by atoms with Crippen molar-refractivity contribution in [1.82, 2.24) is 0 Å². The Labute approximate surface area is 125 Å². The van der Waals surface area contributed by atoms with Gasteiger partial charge in [-0.15, -0.1) is 0 Å². The van der Waals surface area contributed by atoms with Crippen LogP contribution in [0.4, 0.5) is 5.69 Å². The first-order valence-electron chi connectivity index (χ1n) is 6.56. The summed E-state index contributed by atoms with van der Waals surface area (Å²) in [6.07, 6.45) is 1.70. The van der Waals surface area contributed by atoms with Crippen molar-refractivity contribution < 1.29 is 19.5 Å². The molecule has 0 unspecified atom stereocenters. The van der Waals surface area contributed by atoms with Gasteiger partial charge in [0.05, 0.1) is 0 Å². The highest BCUT2D eigenvalue weighted by atomic mass is 16.4. The zero-order chi connectivity index (χ0) is 15.7. The molecule has 108 valence electrons. The van der Waals surface area contributed by atoms with Crippen LogP contribution in [0.1, 0.15) is 15.9 Å². The first kappa shape index (κ1) is 13.8. The summed E-state index contributed by atoms with van der Waals surface area (Å²) in [6.45, 7) is 0. The minimum Gasteiger partial charge on any atom is -0.478 e. The lowest BCUT2D eigenvalue weighted by Gasteiger charge is -2.05. The summed E-state index contributed by atoms with van der Waals surface area (Å²) in [4.78, 5) is 34.2. The molecule has 2 N–H and O–H groups in total. The van der Waals surface area contributed by atoms with Gasteiger partial charge in [-0.3, -0.25) is 9.59 Å². The summed E-state index contributed by atoms with van der Waals surface area (Å²) >= 11 is 0. The maximum absolute atomic E-state index is 12.2. The van der Waals surface area contributed by atoms with Gasteiger partial charge < -0.3 is 10.4 Å². The summed E-state index contributed by atoms with van der Waals surface area (Å²) in [5, 5.41) is 11.1. The van der Waals surface area contributed by atoms with Crippen molar-refractivity contribution in [2.45, 2.75) is 0 Å². The number of hydrogen-bond donors (Lipinski definition) is 2. The fourth-order valence-electron chi connectivity index (χ4n) is 2.43. The van der Waals surface area contributed by atoms with Gasteiger partial charge in [0.25, 0.3) is 0 Å². The number of carbonyl (C=O) groups is 3. The summed E-state index contributed by atoms with van der Waals surface area (Å²) in [6, 6.07) is 12.3. The van der Waals surface area contributed by atoms with Crippen LogP contribution in [0.25, 0.3) is 11.1 Å². The van der Waals surface area contributed by atoms with E-state index in [1.807, 2.05) is 18.2 Å². The van der Waals surface area contributed by atoms with E-state index in [4.69, 9.17) is 5.11 Å². The first-order valence-corrected chi connectivity index (χ1v) is 6.56. The van der Waals surface area contributed by atoms with Gasteiger partial charge in [-0.1, -0.05) is 24.3 Å². The number of anilines is 1. The molecule has 1 amide bonds. The predicted molar refractivity (Wildman–Crippen MR) is 80.7 cm³/mol. The maximum atomic E-state index is 12.2. The number of carboxylic acid groups (broad SMARTS) is 1. The number of rotatable bonds is 3. The van der Waals surface area contributed by atoms with E-state index < -0.39 is 11.9 Å². The standard InChI is InChI=1S/C17H11NO4/c19-15(7-8-16(20)21)18-10-5-6-13-14(9-10)11-3-1-2-4-12(11)17(13)22/h1-9H,(H,18,19)(H,20,21)/b8-7+. The van der Waals surface area contributed by atoms with Gasteiger partial charge >= 0.3 is 5.97 Å². The van der Waals surface area contributed by atoms with E-state index in [0.717, 1.165) is 23.3 Å².